The van der Waals surface area contributed by atoms with E-state index in [1.807, 2.05) is 18.2 Å². The number of carbonyl (C=O) groups excluding carboxylic acids is 1. The third kappa shape index (κ3) is 2.47. The molecule has 0 fully saturated rings. The number of carbonyl (C=O) groups is 1. The minimum atomic E-state index is 0.0959. The average Bonchev–Trinajstić information content (AvgIpc) is 2.84. The van der Waals surface area contributed by atoms with Gasteiger partial charge in [0, 0.05) is 10.4 Å². The standard InChI is InChI=1S/C11H8Br2OS2/c1-2-6-3-4-8(15-6)10(14)7-5-9(12)16-11(7)13/h3-5H,2H2,1H3. The first-order valence-electron chi connectivity index (χ1n) is 4.70. The van der Waals surface area contributed by atoms with Gasteiger partial charge in [-0.15, -0.1) is 22.7 Å². The van der Waals surface area contributed by atoms with Crippen molar-refractivity contribution >= 4 is 60.3 Å². The molecule has 0 radical (unpaired) electrons. The summed E-state index contributed by atoms with van der Waals surface area (Å²) in [5.41, 5.74) is 0.737. The van der Waals surface area contributed by atoms with Crippen LogP contribution in [0.4, 0.5) is 0 Å². The molecule has 16 heavy (non-hydrogen) atoms. The number of hydrogen-bond donors (Lipinski definition) is 0. The molecule has 0 spiro atoms. The SMILES string of the molecule is CCc1ccc(C(=O)c2cc(Br)sc2Br)s1. The maximum Gasteiger partial charge on any atom is 0.204 e. The van der Waals surface area contributed by atoms with Crippen LogP contribution in [-0.4, -0.2) is 5.78 Å². The van der Waals surface area contributed by atoms with Crippen molar-refractivity contribution in [3.05, 3.63) is 41.1 Å². The lowest BCUT2D eigenvalue weighted by Gasteiger charge is -1.94. The molecule has 2 rings (SSSR count). The Morgan fingerprint density at radius 3 is 2.56 bits per heavy atom. The minimum Gasteiger partial charge on any atom is -0.288 e. The van der Waals surface area contributed by atoms with Crippen molar-refractivity contribution in [1.29, 1.82) is 0 Å². The molecule has 0 bridgehead atoms. The maximum atomic E-state index is 12.2. The van der Waals surface area contributed by atoms with Crippen LogP contribution in [0.2, 0.25) is 0 Å². The highest BCUT2D eigenvalue weighted by atomic mass is 79.9. The summed E-state index contributed by atoms with van der Waals surface area (Å²) in [6, 6.07) is 5.79. The van der Waals surface area contributed by atoms with E-state index in [0.717, 1.165) is 24.4 Å². The van der Waals surface area contributed by atoms with E-state index in [1.54, 1.807) is 11.3 Å². The number of thiophene rings is 2. The van der Waals surface area contributed by atoms with Crippen LogP contribution in [0, 0.1) is 0 Å². The van der Waals surface area contributed by atoms with Crippen molar-refractivity contribution < 1.29 is 4.79 Å². The highest BCUT2D eigenvalue weighted by Crippen LogP contribution is 2.34. The van der Waals surface area contributed by atoms with Crippen LogP contribution in [0.3, 0.4) is 0 Å². The molecule has 2 aromatic rings. The third-order valence-electron chi connectivity index (χ3n) is 2.14. The lowest BCUT2D eigenvalue weighted by Crippen LogP contribution is -1.96. The second kappa shape index (κ2) is 5.12. The van der Waals surface area contributed by atoms with E-state index in [1.165, 1.54) is 16.2 Å². The summed E-state index contributed by atoms with van der Waals surface area (Å²) < 4.78 is 1.85. The molecule has 0 N–H and O–H groups in total. The van der Waals surface area contributed by atoms with Crippen molar-refractivity contribution in [2.45, 2.75) is 13.3 Å². The van der Waals surface area contributed by atoms with Crippen LogP contribution < -0.4 is 0 Å². The average molecular weight is 380 g/mol. The Bertz CT molecular complexity index is 528. The van der Waals surface area contributed by atoms with E-state index in [-0.39, 0.29) is 5.78 Å². The fourth-order valence-corrected chi connectivity index (χ4v) is 5.01. The Labute approximate surface area is 119 Å². The second-order valence-electron chi connectivity index (χ2n) is 3.19. The van der Waals surface area contributed by atoms with Gasteiger partial charge >= 0.3 is 0 Å². The van der Waals surface area contributed by atoms with E-state index < -0.39 is 0 Å². The summed E-state index contributed by atoms with van der Waals surface area (Å²) in [6.45, 7) is 2.09. The summed E-state index contributed by atoms with van der Waals surface area (Å²) in [6.07, 6.45) is 0.979. The van der Waals surface area contributed by atoms with Gasteiger partial charge in [0.2, 0.25) is 5.78 Å². The van der Waals surface area contributed by atoms with Gasteiger partial charge < -0.3 is 0 Å². The Balaban J connectivity index is 2.35. The molecule has 0 aliphatic carbocycles. The van der Waals surface area contributed by atoms with Crippen LogP contribution in [-0.2, 0) is 6.42 Å². The molecule has 0 aliphatic rings. The highest BCUT2D eigenvalue weighted by molar-refractivity contribution is 9.12. The van der Waals surface area contributed by atoms with E-state index in [9.17, 15) is 4.79 Å². The molecule has 0 aliphatic heterocycles. The van der Waals surface area contributed by atoms with Crippen molar-refractivity contribution in [2.24, 2.45) is 0 Å². The van der Waals surface area contributed by atoms with Crippen molar-refractivity contribution in [3.8, 4) is 0 Å². The molecule has 2 aromatic heterocycles. The van der Waals surface area contributed by atoms with Crippen molar-refractivity contribution in [2.75, 3.05) is 0 Å². The molecule has 0 atom stereocenters. The number of hydrogen-bond acceptors (Lipinski definition) is 3. The number of halogens is 2. The van der Waals surface area contributed by atoms with E-state index >= 15 is 0 Å². The van der Waals surface area contributed by atoms with Crippen molar-refractivity contribution in [1.82, 2.24) is 0 Å². The minimum absolute atomic E-state index is 0.0959. The fraction of sp³-hybridized carbons (Fsp3) is 0.182. The van der Waals surface area contributed by atoms with Gasteiger partial charge in [-0.2, -0.15) is 0 Å². The first-order valence-corrected chi connectivity index (χ1v) is 7.92. The van der Waals surface area contributed by atoms with Crippen LogP contribution in [0.15, 0.2) is 25.8 Å². The van der Waals surface area contributed by atoms with Crippen molar-refractivity contribution in [3.63, 3.8) is 0 Å². The first kappa shape index (κ1) is 12.5. The smallest absolute Gasteiger partial charge is 0.204 e. The summed E-state index contributed by atoms with van der Waals surface area (Å²) in [4.78, 5) is 14.2. The molecular formula is C11H8Br2OS2. The summed E-state index contributed by atoms with van der Waals surface area (Å²) >= 11 is 9.89. The molecule has 0 aromatic carbocycles. The lowest BCUT2D eigenvalue weighted by molar-refractivity contribution is 0.104. The number of rotatable bonds is 3. The second-order valence-corrected chi connectivity index (χ2v) is 8.10. The number of ketones is 1. The zero-order chi connectivity index (χ0) is 11.7. The Kier molecular flexibility index (Phi) is 4.00. The molecule has 0 saturated heterocycles. The molecule has 2 heterocycles. The zero-order valence-corrected chi connectivity index (χ0v) is 13.2. The largest absolute Gasteiger partial charge is 0.288 e. The van der Waals surface area contributed by atoms with Gasteiger partial charge in [0.05, 0.1) is 12.4 Å². The van der Waals surface area contributed by atoms with Gasteiger partial charge in [-0.3, -0.25) is 4.79 Å². The van der Waals surface area contributed by atoms with Crippen LogP contribution in [0.5, 0.6) is 0 Å². The fourth-order valence-electron chi connectivity index (χ4n) is 1.32. The summed E-state index contributed by atoms with van der Waals surface area (Å²) in [5, 5.41) is 0. The predicted molar refractivity (Wildman–Crippen MR) is 76.8 cm³/mol. The van der Waals surface area contributed by atoms with Gasteiger partial charge in [0.25, 0.3) is 0 Å². The normalized spacial score (nSPS) is 10.7. The van der Waals surface area contributed by atoms with Gasteiger partial charge in [0.1, 0.15) is 0 Å². The Morgan fingerprint density at radius 1 is 1.31 bits per heavy atom. The monoisotopic (exact) mass is 378 g/mol. The lowest BCUT2D eigenvalue weighted by atomic mass is 10.2. The molecule has 0 saturated carbocycles. The van der Waals surface area contributed by atoms with E-state index in [2.05, 4.69) is 38.8 Å². The molecule has 1 nitrogen and oxygen atoms in total. The maximum absolute atomic E-state index is 12.2. The first-order chi connectivity index (χ1) is 7.61. The molecule has 84 valence electrons. The van der Waals surface area contributed by atoms with Crippen LogP contribution in [0.1, 0.15) is 27.0 Å². The predicted octanol–water partition coefficient (Wildman–Crippen LogP) is 5.13. The van der Waals surface area contributed by atoms with Gasteiger partial charge in [-0.1, -0.05) is 6.92 Å². The summed E-state index contributed by atoms with van der Waals surface area (Å²) in [7, 11) is 0. The summed E-state index contributed by atoms with van der Waals surface area (Å²) in [5.74, 6) is 0.0959. The van der Waals surface area contributed by atoms with E-state index in [4.69, 9.17) is 0 Å². The number of aryl methyl sites for hydroxylation is 1. The third-order valence-corrected chi connectivity index (χ3v) is 5.70. The van der Waals surface area contributed by atoms with Gasteiger partial charge in [0.15, 0.2) is 0 Å². The molecular weight excluding hydrogens is 372 g/mol. The van der Waals surface area contributed by atoms with Crippen LogP contribution >= 0.6 is 54.5 Å². The Hall–Kier alpha value is 0.0300. The highest BCUT2D eigenvalue weighted by Gasteiger charge is 2.17. The van der Waals surface area contributed by atoms with Gasteiger partial charge in [-0.25, -0.2) is 0 Å². The van der Waals surface area contributed by atoms with Crippen LogP contribution in [0.25, 0.3) is 0 Å². The van der Waals surface area contributed by atoms with E-state index in [0.29, 0.717) is 0 Å². The zero-order valence-electron chi connectivity index (χ0n) is 8.42. The topological polar surface area (TPSA) is 17.1 Å². The molecule has 5 heteroatoms. The van der Waals surface area contributed by atoms with Gasteiger partial charge in [-0.05, 0) is 56.5 Å². The molecule has 0 amide bonds. The Morgan fingerprint density at radius 2 is 2.06 bits per heavy atom. The molecule has 0 unspecified atom stereocenters. The quantitative estimate of drug-likeness (QED) is 0.675.